The SMILES string of the molecule is CNC(=S)Nc1ccc(Oc2ccc(CN3CCC(N(C(=O)Nc4ccc(C)nc4)c4cccc(F)c4)CC3)cn2)cc1. The Labute approximate surface area is 256 Å². The number of aryl methyl sites for hydroxylation is 1. The van der Waals surface area contributed by atoms with E-state index in [-0.39, 0.29) is 17.9 Å². The highest BCUT2D eigenvalue weighted by Crippen LogP contribution is 2.27. The lowest BCUT2D eigenvalue weighted by molar-refractivity contribution is 0.199. The fraction of sp³-hybridized carbons (Fsp3) is 0.250. The molecule has 1 aliphatic heterocycles. The number of thiocarbonyl (C=S) groups is 1. The molecule has 222 valence electrons. The zero-order chi connectivity index (χ0) is 30.2. The molecule has 3 heterocycles. The zero-order valence-corrected chi connectivity index (χ0v) is 24.9. The molecule has 1 saturated heterocycles. The molecule has 0 atom stereocenters. The van der Waals surface area contributed by atoms with E-state index in [1.54, 1.807) is 30.3 Å². The van der Waals surface area contributed by atoms with Crippen molar-refractivity contribution in [3.8, 4) is 11.6 Å². The van der Waals surface area contributed by atoms with E-state index in [9.17, 15) is 9.18 Å². The summed E-state index contributed by atoms with van der Waals surface area (Å²) in [5.41, 5.74) is 3.92. The van der Waals surface area contributed by atoms with Gasteiger partial charge in [-0.15, -0.1) is 0 Å². The first-order valence-electron chi connectivity index (χ1n) is 14.1. The number of amides is 2. The highest BCUT2D eigenvalue weighted by atomic mass is 32.1. The molecule has 0 spiro atoms. The second kappa shape index (κ2) is 14.0. The smallest absolute Gasteiger partial charge is 0.326 e. The van der Waals surface area contributed by atoms with E-state index in [2.05, 4.69) is 30.8 Å². The molecule has 5 rings (SSSR count). The number of piperidine rings is 1. The van der Waals surface area contributed by atoms with E-state index in [0.717, 1.165) is 49.4 Å². The number of pyridine rings is 2. The van der Waals surface area contributed by atoms with Crippen molar-refractivity contribution in [1.29, 1.82) is 0 Å². The van der Waals surface area contributed by atoms with Gasteiger partial charge in [-0.2, -0.15) is 0 Å². The van der Waals surface area contributed by atoms with E-state index >= 15 is 0 Å². The highest BCUT2D eigenvalue weighted by Gasteiger charge is 2.30. The number of likely N-dealkylation sites (tertiary alicyclic amines) is 1. The second-order valence-corrected chi connectivity index (χ2v) is 10.7. The molecule has 2 aromatic heterocycles. The summed E-state index contributed by atoms with van der Waals surface area (Å²) in [6.07, 6.45) is 4.94. The number of urea groups is 1. The minimum Gasteiger partial charge on any atom is -0.439 e. The number of halogens is 1. The molecule has 4 aromatic rings. The fourth-order valence-electron chi connectivity index (χ4n) is 4.92. The van der Waals surface area contributed by atoms with Crippen LogP contribution in [0.25, 0.3) is 0 Å². The highest BCUT2D eigenvalue weighted by molar-refractivity contribution is 7.80. The Morgan fingerprint density at radius 3 is 2.42 bits per heavy atom. The van der Waals surface area contributed by atoms with E-state index in [0.29, 0.717) is 28.1 Å². The Kier molecular flexibility index (Phi) is 9.75. The molecular weight excluding hydrogens is 565 g/mol. The molecule has 1 aliphatic rings. The second-order valence-electron chi connectivity index (χ2n) is 10.3. The number of ether oxygens (including phenoxy) is 1. The van der Waals surface area contributed by atoms with Crippen molar-refractivity contribution in [3.05, 3.63) is 102 Å². The van der Waals surface area contributed by atoms with Crippen molar-refractivity contribution >= 4 is 40.4 Å². The molecule has 0 saturated carbocycles. The maximum Gasteiger partial charge on any atom is 0.326 e. The molecule has 9 nitrogen and oxygen atoms in total. The Morgan fingerprint density at radius 2 is 1.77 bits per heavy atom. The number of aromatic nitrogens is 2. The van der Waals surface area contributed by atoms with Gasteiger partial charge in [0.15, 0.2) is 5.11 Å². The fourth-order valence-corrected chi connectivity index (χ4v) is 5.04. The van der Waals surface area contributed by atoms with Crippen molar-refractivity contribution in [2.24, 2.45) is 0 Å². The number of rotatable bonds is 8. The third-order valence-corrected chi connectivity index (χ3v) is 7.46. The van der Waals surface area contributed by atoms with E-state index in [4.69, 9.17) is 17.0 Å². The van der Waals surface area contributed by atoms with E-state index in [1.807, 2.05) is 61.7 Å². The van der Waals surface area contributed by atoms with Gasteiger partial charge in [0.1, 0.15) is 11.6 Å². The van der Waals surface area contributed by atoms with Gasteiger partial charge < -0.3 is 20.7 Å². The van der Waals surface area contributed by atoms with Crippen LogP contribution in [-0.2, 0) is 6.54 Å². The summed E-state index contributed by atoms with van der Waals surface area (Å²) in [6.45, 7) is 4.18. The van der Waals surface area contributed by atoms with Crippen LogP contribution in [0.1, 0.15) is 24.1 Å². The van der Waals surface area contributed by atoms with Crippen LogP contribution < -0.4 is 25.6 Å². The first-order valence-corrected chi connectivity index (χ1v) is 14.5. The Balaban J connectivity index is 1.17. The van der Waals surface area contributed by atoms with Crippen LogP contribution in [0.3, 0.4) is 0 Å². The number of carbonyl (C=O) groups is 1. The third-order valence-electron chi connectivity index (χ3n) is 7.16. The summed E-state index contributed by atoms with van der Waals surface area (Å²) in [5, 5.41) is 9.41. The predicted octanol–water partition coefficient (Wildman–Crippen LogP) is 6.34. The van der Waals surface area contributed by atoms with Gasteiger partial charge in [-0.1, -0.05) is 12.1 Å². The number of nitrogens with zero attached hydrogens (tertiary/aromatic N) is 4. The first kappa shape index (κ1) is 29.9. The standard InChI is InChI=1S/C32H34FN7O2S/c1-22-6-8-26(20-35-22)38-32(41)40(28-5-3-4-24(33)18-28)27-14-16-39(17-15-27)21-23-7-13-30(36-19-23)42-29-11-9-25(10-12-29)37-31(43)34-2/h3-13,18-20,27H,14-17,21H2,1-2H3,(H,38,41)(H2,34,37,43). The van der Waals surface area contributed by atoms with Gasteiger partial charge in [-0.25, -0.2) is 14.2 Å². The maximum atomic E-state index is 14.2. The number of nitrogens with one attached hydrogen (secondary N) is 3. The Hall–Kier alpha value is -4.61. The molecule has 0 radical (unpaired) electrons. The van der Waals surface area contributed by atoms with Crippen molar-refractivity contribution in [2.45, 2.75) is 32.4 Å². The Bertz CT molecular complexity index is 1530. The van der Waals surface area contributed by atoms with E-state index < -0.39 is 0 Å². The number of hydrogen-bond acceptors (Lipinski definition) is 6. The summed E-state index contributed by atoms with van der Waals surface area (Å²) in [6, 6.07) is 20.8. The van der Waals surface area contributed by atoms with Gasteiger partial charge in [-0.05, 0) is 92.1 Å². The predicted molar refractivity (Wildman–Crippen MR) is 171 cm³/mol. The number of hydrogen-bond donors (Lipinski definition) is 3. The topological polar surface area (TPSA) is 94.7 Å². The van der Waals surface area contributed by atoms with Crippen LogP contribution in [0, 0.1) is 12.7 Å². The average Bonchev–Trinajstić information content (AvgIpc) is 3.01. The van der Waals surface area contributed by atoms with Crippen LogP contribution in [0.4, 0.5) is 26.2 Å². The number of benzene rings is 2. The molecule has 2 amide bonds. The maximum absolute atomic E-state index is 14.2. The van der Waals surface area contributed by atoms with Crippen molar-refractivity contribution in [3.63, 3.8) is 0 Å². The lowest BCUT2D eigenvalue weighted by Gasteiger charge is -2.38. The number of anilines is 3. The molecule has 0 bridgehead atoms. The van der Waals surface area contributed by atoms with Crippen LogP contribution in [0.2, 0.25) is 0 Å². The summed E-state index contributed by atoms with van der Waals surface area (Å²) < 4.78 is 20.0. The largest absolute Gasteiger partial charge is 0.439 e. The van der Waals surface area contributed by atoms with Crippen LogP contribution in [0.5, 0.6) is 11.6 Å². The lowest BCUT2D eigenvalue weighted by atomic mass is 10.0. The van der Waals surface area contributed by atoms with Crippen LogP contribution in [-0.4, -0.2) is 52.2 Å². The minimum atomic E-state index is -0.382. The molecule has 43 heavy (non-hydrogen) atoms. The van der Waals surface area contributed by atoms with Crippen molar-refractivity contribution < 1.29 is 13.9 Å². The molecule has 0 aliphatic carbocycles. The summed E-state index contributed by atoms with van der Waals surface area (Å²) >= 11 is 5.12. The quantitative estimate of drug-likeness (QED) is 0.202. The summed E-state index contributed by atoms with van der Waals surface area (Å²) in [5.74, 6) is 0.802. The minimum absolute atomic E-state index is 0.0826. The van der Waals surface area contributed by atoms with E-state index in [1.165, 1.54) is 12.1 Å². The number of carbonyl (C=O) groups excluding carboxylic acids is 1. The summed E-state index contributed by atoms with van der Waals surface area (Å²) in [7, 11) is 1.76. The van der Waals surface area contributed by atoms with Gasteiger partial charge >= 0.3 is 6.03 Å². The molecule has 2 aromatic carbocycles. The van der Waals surface area contributed by atoms with Crippen LogP contribution >= 0.6 is 12.2 Å². The molecular formula is C32H34FN7O2S. The first-order chi connectivity index (χ1) is 20.9. The van der Waals surface area contributed by atoms with Gasteiger partial charge in [-0.3, -0.25) is 14.8 Å². The molecule has 3 N–H and O–H groups in total. The lowest BCUT2D eigenvalue weighted by Crippen LogP contribution is -2.49. The molecule has 1 fully saturated rings. The molecule has 11 heteroatoms. The van der Waals surface area contributed by atoms with Gasteiger partial charge in [0, 0.05) is 62.1 Å². The van der Waals surface area contributed by atoms with Crippen molar-refractivity contribution in [1.82, 2.24) is 20.2 Å². The third kappa shape index (κ3) is 8.24. The summed E-state index contributed by atoms with van der Waals surface area (Å²) in [4.78, 5) is 26.2. The van der Waals surface area contributed by atoms with Crippen molar-refractivity contribution in [2.75, 3.05) is 35.7 Å². The van der Waals surface area contributed by atoms with Gasteiger partial charge in [0.2, 0.25) is 5.88 Å². The van der Waals surface area contributed by atoms with Gasteiger partial charge in [0.25, 0.3) is 0 Å². The molecule has 0 unspecified atom stereocenters. The average molecular weight is 600 g/mol. The van der Waals surface area contributed by atoms with Crippen LogP contribution in [0.15, 0.2) is 85.2 Å². The van der Waals surface area contributed by atoms with Gasteiger partial charge in [0.05, 0.1) is 11.9 Å². The zero-order valence-electron chi connectivity index (χ0n) is 24.1. The normalized spacial score (nSPS) is 13.7. The Morgan fingerprint density at radius 1 is 1.00 bits per heavy atom. The monoisotopic (exact) mass is 599 g/mol.